The Labute approximate surface area is 103 Å². The first kappa shape index (κ1) is 13.9. The summed E-state index contributed by atoms with van der Waals surface area (Å²) in [6.45, 7) is 3.52. The maximum Gasteiger partial charge on any atom is 0.274 e. The summed E-state index contributed by atoms with van der Waals surface area (Å²) >= 11 is 0. The minimum absolute atomic E-state index is 0.121. The fraction of sp³-hybridized carbons (Fsp3) is 0.364. The maximum atomic E-state index is 13.2. The number of nitro benzene ring substituents is 1. The SMILES string of the molecule is CC(C)C(Nc1cc(F)cc([N+](=O)[O-])c1)C(N)=O. The number of non-ortho nitro benzene ring substituents is 1. The Morgan fingerprint density at radius 1 is 1.44 bits per heavy atom. The van der Waals surface area contributed by atoms with E-state index < -0.39 is 22.7 Å². The molecule has 1 atom stereocenters. The van der Waals surface area contributed by atoms with Crippen LogP contribution in [0.3, 0.4) is 0 Å². The highest BCUT2D eigenvalue weighted by Crippen LogP contribution is 2.21. The molecule has 0 saturated carbocycles. The Bertz CT molecular complexity index is 477. The van der Waals surface area contributed by atoms with Crippen LogP contribution in [0.5, 0.6) is 0 Å². The highest BCUT2D eigenvalue weighted by molar-refractivity contribution is 5.83. The molecule has 98 valence electrons. The topological polar surface area (TPSA) is 98.3 Å². The summed E-state index contributed by atoms with van der Waals surface area (Å²) in [5.41, 5.74) is 4.96. The van der Waals surface area contributed by atoms with Gasteiger partial charge in [-0.2, -0.15) is 0 Å². The Hall–Kier alpha value is -2.18. The first-order valence-electron chi connectivity index (χ1n) is 5.32. The van der Waals surface area contributed by atoms with E-state index in [9.17, 15) is 19.3 Å². The third-order valence-corrected chi connectivity index (χ3v) is 2.39. The van der Waals surface area contributed by atoms with Crippen LogP contribution in [0.1, 0.15) is 13.8 Å². The van der Waals surface area contributed by atoms with Gasteiger partial charge >= 0.3 is 0 Å². The molecule has 1 rings (SSSR count). The number of hydrogen-bond donors (Lipinski definition) is 2. The molecule has 3 N–H and O–H groups in total. The zero-order chi connectivity index (χ0) is 13.9. The molecule has 0 saturated heterocycles. The summed E-state index contributed by atoms with van der Waals surface area (Å²) in [4.78, 5) is 21.1. The summed E-state index contributed by atoms with van der Waals surface area (Å²) in [7, 11) is 0. The molecule has 1 aromatic carbocycles. The van der Waals surface area contributed by atoms with E-state index in [1.807, 2.05) is 0 Å². The molecular formula is C11H14FN3O3. The van der Waals surface area contributed by atoms with Gasteiger partial charge in [0.25, 0.3) is 5.69 Å². The molecule has 0 aromatic heterocycles. The average molecular weight is 255 g/mol. The molecule has 0 aliphatic heterocycles. The number of nitrogens with two attached hydrogens (primary N) is 1. The van der Waals surface area contributed by atoms with Gasteiger partial charge in [0, 0.05) is 11.8 Å². The van der Waals surface area contributed by atoms with Crippen molar-refractivity contribution in [3.8, 4) is 0 Å². The van der Waals surface area contributed by atoms with Crippen molar-refractivity contribution in [1.29, 1.82) is 0 Å². The monoisotopic (exact) mass is 255 g/mol. The van der Waals surface area contributed by atoms with Gasteiger partial charge in [-0.3, -0.25) is 14.9 Å². The fourth-order valence-electron chi connectivity index (χ4n) is 1.51. The van der Waals surface area contributed by atoms with E-state index in [-0.39, 0.29) is 17.3 Å². The van der Waals surface area contributed by atoms with Crippen LogP contribution in [0, 0.1) is 21.8 Å². The lowest BCUT2D eigenvalue weighted by atomic mass is 10.0. The van der Waals surface area contributed by atoms with Crippen molar-refractivity contribution in [2.45, 2.75) is 19.9 Å². The smallest absolute Gasteiger partial charge is 0.274 e. The van der Waals surface area contributed by atoms with Crippen molar-refractivity contribution in [2.75, 3.05) is 5.32 Å². The Kier molecular flexibility index (Phi) is 4.19. The Morgan fingerprint density at radius 3 is 2.50 bits per heavy atom. The number of carbonyl (C=O) groups excluding carboxylic acids is 1. The van der Waals surface area contributed by atoms with Crippen molar-refractivity contribution in [3.05, 3.63) is 34.1 Å². The second-order valence-corrected chi connectivity index (χ2v) is 4.22. The molecule has 0 spiro atoms. The number of benzene rings is 1. The van der Waals surface area contributed by atoms with Gasteiger partial charge in [-0.15, -0.1) is 0 Å². The molecule has 1 amide bonds. The van der Waals surface area contributed by atoms with E-state index in [1.54, 1.807) is 13.8 Å². The molecule has 0 fully saturated rings. The number of rotatable bonds is 5. The van der Waals surface area contributed by atoms with Crippen molar-refractivity contribution < 1.29 is 14.1 Å². The number of carbonyl (C=O) groups is 1. The van der Waals surface area contributed by atoms with Crippen molar-refractivity contribution in [2.24, 2.45) is 11.7 Å². The Morgan fingerprint density at radius 2 is 2.06 bits per heavy atom. The minimum Gasteiger partial charge on any atom is -0.373 e. The van der Waals surface area contributed by atoms with Gasteiger partial charge in [-0.05, 0) is 12.0 Å². The van der Waals surface area contributed by atoms with Crippen LogP contribution in [0.2, 0.25) is 0 Å². The number of nitro groups is 1. The third kappa shape index (κ3) is 3.41. The number of anilines is 1. The zero-order valence-electron chi connectivity index (χ0n) is 10.0. The van der Waals surface area contributed by atoms with Gasteiger partial charge in [0.2, 0.25) is 5.91 Å². The summed E-state index contributed by atoms with van der Waals surface area (Å²) in [6.07, 6.45) is 0. The van der Waals surface area contributed by atoms with E-state index in [0.717, 1.165) is 18.2 Å². The molecule has 1 aromatic rings. The van der Waals surface area contributed by atoms with Crippen LogP contribution in [-0.4, -0.2) is 16.9 Å². The van der Waals surface area contributed by atoms with Gasteiger partial charge in [0.05, 0.1) is 11.0 Å². The predicted molar refractivity (Wildman–Crippen MR) is 64.5 cm³/mol. The quantitative estimate of drug-likeness (QED) is 0.617. The van der Waals surface area contributed by atoms with E-state index in [4.69, 9.17) is 5.73 Å². The zero-order valence-corrected chi connectivity index (χ0v) is 10.0. The van der Waals surface area contributed by atoms with Crippen molar-refractivity contribution in [1.82, 2.24) is 0 Å². The van der Waals surface area contributed by atoms with Crippen LogP contribution in [0.4, 0.5) is 15.8 Å². The number of primary amides is 1. The predicted octanol–water partition coefficient (Wildman–Crippen LogP) is 1.66. The van der Waals surface area contributed by atoms with Gasteiger partial charge in [-0.1, -0.05) is 13.8 Å². The summed E-state index contributed by atoms with van der Waals surface area (Å²) in [6, 6.07) is 2.32. The minimum atomic E-state index is -0.751. The third-order valence-electron chi connectivity index (χ3n) is 2.39. The lowest BCUT2D eigenvalue weighted by Crippen LogP contribution is -2.39. The van der Waals surface area contributed by atoms with Crippen molar-refractivity contribution in [3.63, 3.8) is 0 Å². The lowest BCUT2D eigenvalue weighted by molar-refractivity contribution is -0.385. The van der Waals surface area contributed by atoms with E-state index in [2.05, 4.69) is 5.32 Å². The van der Waals surface area contributed by atoms with E-state index >= 15 is 0 Å². The maximum absolute atomic E-state index is 13.2. The van der Waals surface area contributed by atoms with Crippen LogP contribution in [-0.2, 0) is 4.79 Å². The fourth-order valence-corrected chi connectivity index (χ4v) is 1.51. The van der Waals surface area contributed by atoms with Crippen LogP contribution in [0.15, 0.2) is 18.2 Å². The molecule has 18 heavy (non-hydrogen) atoms. The largest absolute Gasteiger partial charge is 0.373 e. The molecule has 7 heteroatoms. The molecule has 6 nitrogen and oxygen atoms in total. The first-order valence-corrected chi connectivity index (χ1v) is 5.32. The molecule has 0 bridgehead atoms. The molecule has 0 aliphatic carbocycles. The second-order valence-electron chi connectivity index (χ2n) is 4.22. The summed E-state index contributed by atoms with van der Waals surface area (Å²) in [5, 5.41) is 13.3. The van der Waals surface area contributed by atoms with Crippen molar-refractivity contribution >= 4 is 17.3 Å². The van der Waals surface area contributed by atoms with E-state index in [1.165, 1.54) is 0 Å². The molecule has 0 radical (unpaired) electrons. The van der Waals surface area contributed by atoms with Crippen LogP contribution < -0.4 is 11.1 Å². The Balaban J connectivity index is 3.03. The number of hydrogen-bond acceptors (Lipinski definition) is 4. The first-order chi connectivity index (χ1) is 8.31. The number of nitrogens with zero attached hydrogens (tertiary/aromatic N) is 1. The van der Waals surface area contributed by atoms with Gasteiger partial charge in [-0.25, -0.2) is 4.39 Å². The van der Waals surface area contributed by atoms with Crippen LogP contribution >= 0.6 is 0 Å². The molecule has 1 unspecified atom stereocenters. The average Bonchev–Trinajstić information content (AvgIpc) is 2.24. The van der Waals surface area contributed by atoms with Gasteiger partial charge in [0.15, 0.2) is 0 Å². The molecule has 0 heterocycles. The lowest BCUT2D eigenvalue weighted by Gasteiger charge is -2.20. The van der Waals surface area contributed by atoms with Gasteiger partial charge in [0.1, 0.15) is 11.9 Å². The normalized spacial score (nSPS) is 12.2. The molecule has 0 aliphatic rings. The highest BCUT2D eigenvalue weighted by Gasteiger charge is 2.20. The summed E-state index contributed by atoms with van der Waals surface area (Å²) < 4.78 is 13.2. The summed E-state index contributed by atoms with van der Waals surface area (Å²) in [5.74, 6) is -1.47. The van der Waals surface area contributed by atoms with Crippen LogP contribution in [0.25, 0.3) is 0 Å². The number of nitrogens with one attached hydrogen (secondary N) is 1. The van der Waals surface area contributed by atoms with E-state index in [0.29, 0.717) is 0 Å². The molecular weight excluding hydrogens is 241 g/mol. The second kappa shape index (κ2) is 5.44. The number of halogens is 1. The standard InChI is InChI=1S/C11H14FN3O3/c1-6(2)10(11(13)16)14-8-3-7(12)4-9(5-8)15(17)18/h3-6,10,14H,1-2H3,(H2,13,16). The van der Waals surface area contributed by atoms with Gasteiger partial charge < -0.3 is 11.1 Å². The number of amides is 1. The highest BCUT2D eigenvalue weighted by atomic mass is 19.1.